The van der Waals surface area contributed by atoms with E-state index in [1.165, 1.54) is 12.1 Å². The third kappa shape index (κ3) is 2.87. The Labute approximate surface area is 121 Å². The lowest BCUT2D eigenvalue weighted by Gasteiger charge is -2.31. The lowest BCUT2D eigenvalue weighted by Crippen LogP contribution is -2.44. The molecule has 0 saturated carbocycles. The van der Waals surface area contributed by atoms with Crippen molar-refractivity contribution in [1.29, 1.82) is 0 Å². The SMILES string of the molecule is CN1CCN(c2noc(-c3cccc(C(=O)O)c3)n2)CC1. The summed E-state index contributed by atoms with van der Waals surface area (Å²) in [7, 11) is 2.08. The van der Waals surface area contributed by atoms with Crippen LogP contribution in [0.4, 0.5) is 5.95 Å². The van der Waals surface area contributed by atoms with Crippen LogP contribution in [0.2, 0.25) is 0 Å². The minimum absolute atomic E-state index is 0.201. The van der Waals surface area contributed by atoms with Crippen molar-refractivity contribution in [2.45, 2.75) is 0 Å². The van der Waals surface area contributed by atoms with Crippen LogP contribution in [0, 0.1) is 0 Å². The molecular weight excluding hydrogens is 272 g/mol. The highest BCUT2D eigenvalue weighted by Crippen LogP contribution is 2.22. The number of carbonyl (C=O) groups is 1. The second kappa shape index (κ2) is 5.53. The minimum Gasteiger partial charge on any atom is -0.478 e. The Bertz CT molecular complexity index is 647. The lowest BCUT2D eigenvalue weighted by molar-refractivity contribution is 0.0697. The molecule has 7 nitrogen and oxygen atoms in total. The van der Waals surface area contributed by atoms with Gasteiger partial charge in [-0.25, -0.2) is 4.79 Å². The molecule has 0 bridgehead atoms. The van der Waals surface area contributed by atoms with Crippen LogP contribution in [-0.2, 0) is 0 Å². The number of benzene rings is 1. The van der Waals surface area contributed by atoms with Gasteiger partial charge in [-0.1, -0.05) is 6.07 Å². The summed E-state index contributed by atoms with van der Waals surface area (Å²) in [6.07, 6.45) is 0. The number of rotatable bonds is 3. The fourth-order valence-corrected chi connectivity index (χ4v) is 2.25. The van der Waals surface area contributed by atoms with E-state index in [1.54, 1.807) is 12.1 Å². The van der Waals surface area contributed by atoms with Crippen LogP contribution in [-0.4, -0.2) is 59.3 Å². The van der Waals surface area contributed by atoms with Gasteiger partial charge in [0.15, 0.2) is 0 Å². The zero-order chi connectivity index (χ0) is 14.8. The number of hydrogen-bond acceptors (Lipinski definition) is 6. The topological polar surface area (TPSA) is 82.7 Å². The first-order valence-electron chi connectivity index (χ1n) is 6.74. The highest BCUT2D eigenvalue weighted by atomic mass is 16.5. The molecule has 2 aromatic rings. The van der Waals surface area contributed by atoms with Crippen molar-refractivity contribution in [3.8, 4) is 11.5 Å². The number of piperazine rings is 1. The smallest absolute Gasteiger partial charge is 0.335 e. The van der Waals surface area contributed by atoms with Crippen LogP contribution in [0.15, 0.2) is 28.8 Å². The monoisotopic (exact) mass is 288 g/mol. The van der Waals surface area contributed by atoms with Crippen LogP contribution < -0.4 is 4.90 Å². The Kier molecular flexibility index (Phi) is 3.57. The Morgan fingerprint density at radius 1 is 1.29 bits per heavy atom. The lowest BCUT2D eigenvalue weighted by atomic mass is 10.1. The first-order chi connectivity index (χ1) is 10.1. The number of aromatic nitrogens is 2. The molecule has 1 fully saturated rings. The molecule has 0 radical (unpaired) electrons. The molecule has 1 aliphatic rings. The number of aromatic carboxylic acids is 1. The van der Waals surface area contributed by atoms with E-state index in [2.05, 4.69) is 27.0 Å². The van der Waals surface area contributed by atoms with Crippen molar-refractivity contribution < 1.29 is 14.4 Å². The van der Waals surface area contributed by atoms with E-state index in [-0.39, 0.29) is 5.56 Å². The second-order valence-electron chi connectivity index (χ2n) is 5.08. The predicted molar refractivity (Wildman–Crippen MR) is 76.4 cm³/mol. The Morgan fingerprint density at radius 3 is 2.76 bits per heavy atom. The Morgan fingerprint density at radius 2 is 2.05 bits per heavy atom. The summed E-state index contributed by atoms with van der Waals surface area (Å²) in [5.74, 6) is -0.0819. The normalized spacial score (nSPS) is 16.1. The minimum atomic E-state index is -0.976. The predicted octanol–water partition coefficient (Wildman–Crippen LogP) is 1.19. The van der Waals surface area contributed by atoms with Gasteiger partial charge in [0.25, 0.3) is 11.8 Å². The van der Waals surface area contributed by atoms with Crippen molar-refractivity contribution in [3.63, 3.8) is 0 Å². The van der Waals surface area contributed by atoms with Crippen molar-refractivity contribution in [2.24, 2.45) is 0 Å². The van der Waals surface area contributed by atoms with Crippen LogP contribution in [0.1, 0.15) is 10.4 Å². The summed E-state index contributed by atoms with van der Waals surface area (Å²) >= 11 is 0. The molecule has 7 heteroatoms. The molecule has 1 saturated heterocycles. The summed E-state index contributed by atoms with van der Waals surface area (Å²) in [4.78, 5) is 19.7. The molecule has 21 heavy (non-hydrogen) atoms. The summed E-state index contributed by atoms with van der Waals surface area (Å²) < 4.78 is 5.26. The van der Waals surface area contributed by atoms with Gasteiger partial charge < -0.3 is 19.4 Å². The Hall–Kier alpha value is -2.41. The molecule has 2 heterocycles. The van der Waals surface area contributed by atoms with Crippen molar-refractivity contribution in [2.75, 3.05) is 38.1 Å². The fourth-order valence-electron chi connectivity index (χ4n) is 2.25. The molecule has 0 unspecified atom stereocenters. The summed E-state index contributed by atoms with van der Waals surface area (Å²) in [6, 6.07) is 6.49. The van der Waals surface area contributed by atoms with E-state index in [0.29, 0.717) is 17.4 Å². The van der Waals surface area contributed by atoms with Gasteiger partial charge in [-0.15, -0.1) is 0 Å². The van der Waals surface area contributed by atoms with Crippen molar-refractivity contribution in [3.05, 3.63) is 29.8 Å². The van der Waals surface area contributed by atoms with Crippen LogP contribution in [0.25, 0.3) is 11.5 Å². The van der Waals surface area contributed by atoms with E-state index >= 15 is 0 Å². The van der Waals surface area contributed by atoms with Gasteiger partial charge in [-0.2, -0.15) is 4.98 Å². The quantitative estimate of drug-likeness (QED) is 0.908. The molecule has 1 aromatic carbocycles. The number of nitrogens with zero attached hydrogens (tertiary/aromatic N) is 4. The van der Waals surface area contributed by atoms with Crippen molar-refractivity contribution >= 4 is 11.9 Å². The molecule has 1 aliphatic heterocycles. The van der Waals surface area contributed by atoms with E-state index in [4.69, 9.17) is 9.63 Å². The zero-order valence-corrected chi connectivity index (χ0v) is 11.7. The molecule has 0 aliphatic carbocycles. The summed E-state index contributed by atoms with van der Waals surface area (Å²) in [6.45, 7) is 3.62. The van der Waals surface area contributed by atoms with Crippen molar-refractivity contribution in [1.82, 2.24) is 15.0 Å². The maximum absolute atomic E-state index is 11.0. The number of carboxylic acids is 1. The van der Waals surface area contributed by atoms with Crippen LogP contribution in [0.3, 0.4) is 0 Å². The molecule has 3 rings (SSSR count). The Balaban J connectivity index is 1.81. The largest absolute Gasteiger partial charge is 0.478 e. The highest BCUT2D eigenvalue weighted by molar-refractivity contribution is 5.88. The maximum Gasteiger partial charge on any atom is 0.335 e. The van der Waals surface area contributed by atoms with Gasteiger partial charge >= 0.3 is 5.97 Å². The van der Waals surface area contributed by atoms with E-state index in [9.17, 15) is 4.79 Å². The molecule has 0 atom stereocenters. The van der Waals surface area contributed by atoms with Crippen LogP contribution in [0.5, 0.6) is 0 Å². The third-order valence-electron chi connectivity index (χ3n) is 3.56. The van der Waals surface area contributed by atoms with Gasteiger partial charge in [0.1, 0.15) is 0 Å². The number of anilines is 1. The number of carboxylic acid groups (broad SMARTS) is 1. The molecule has 1 N–H and O–H groups in total. The zero-order valence-electron chi connectivity index (χ0n) is 11.7. The molecule has 110 valence electrons. The standard InChI is InChI=1S/C14H16N4O3/c1-17-5-7-18(8-6-17)14-15-12(21-16-14)10-3-2-4-11(9-10)13(19)20/h2-4,9H,5-8H2,1H3,(H,19,20). The van der Waals surface area contributed by atoms with Gasteiger partial charge in [0.2, 0.25) is 0 Å². The van der Waals surface area contributed by atoms with E-state index in [1.807, 2.05) is 0 Å². The first kappa shape index (κ1) is 13.6. The first-order valence-corrected chi connectivity index (χ1v) is 6.74. The van der Waals surface area contributed by atoms with Crippen LogP contribution >= 0.6 is 0 Å². The molecular formula is C14H16N4O3. The van der Waals surface area contributed by atoms with Gasteiger partial charge in [0, 0.05) is 31.7 Å². The maximum atomic E-state index is 11.0. The average Bonchev–Trinajstić information content (AvgIpc) is 2.98. The van der Waals surface area contributed by atoms with Gasteiger partial charge in [0.05, 0.1) is 5.56 Å². The number of hydrogen-bond donors (Lipinski definition) is 1. The average molecular weight is 288 g/mol. The third-order valence-corrected chi connectivity index (χ3v) is 3.56. The molecule has 0 amide bonds. The fraction of sp³-hybridized carbons (Fsp3) is 0.357. The van der Waals surface area contributed by atoms with E-state index in [0.717, 1.165) is 26.2 Å². The van der Waals surface area contributed by atoms with Gasteiger partial charge in [-0.3, -0.25) is 0 Å². The second-order valence-corrected chi connectivity index (χ2v) is 5.08. The molecule has 1 aromatic heterocycles. The van der Waals surface area contributed by atoms with Gasteiger partial charge in [-0.05, 0) is 30.4 Å². The van der Waals surface area contributed by atoms with E-state index < -0.39 is 5.97 Å². The summed E-state index contributed by atoms with van der Waals surface area (Å²) in [5.41, 5.74) is 0.814. The summed E-state index contributed by atoms with van der Waals surface area (Å²) in [5, 5.41) is 13.0. The molecule has 0 spiro atoms. The highest BCUT2D eigenvalue weighted by Gasteiger charge is 2.19. The number of likely N-dealkylation sites (N-methyl/N-ethyl adjacent to an activating group) is 1.